The van der Waals surface area contributed by atoms with Gasteiger partial charge in [-0.25, -0.2) is 0 Å². The van der Waals surface area contributed by atoms with Crippen LogP contribution in [0.25, 0.3) is 10.8 Å². The summed E-state index contributed by atoms with van der Waals surface area (Å²) in [4.78, 5) is 1.28. The number of hydrogen-bond donors (Lipinski definition) is 0. The lowest BCUT2D eigenvalue weighted by atomic mass is 10.1. The summed E-state index contributed by atoms with van der Waals surface area (Å²) in [6.45, 7) is 0.606. The Morgan fingerprint density at radius 1 is 0.850 bits per heavy atom. The van der Waals surface area contributed by atoms with Crippen molar-refractivity contribution in [3.8, 4) is 5.75 Å². The molecule has 100 valence electrons. The third-order valence-corrected chi connectivity index (χ3v) is 3.99. The Balaban J connectivity index is 1.81. The molecule has 0 aliphatic rings. The van der Waals surface area contributed by atoms with Gasteiger partial charge in [-0.3, -0.25) is 0 Å². The van der Waals surface area contributed by atoms with E-state index >= 15 is 0 Å². The molecule has 0 amide bonds. The molecule has 0 heterocycles. The Labute approximate surface area is 123 Å². The molecule has 0 aromatic heterocycles. The summed E-state index contributed by atoms with van der Waals surface area (Å²) >= 11 is 1.76. The number of thioether (sulfide) groups is 1. The lowest BCUT2D eigenvalue weighted by Gasteiger charge is -2.08. The molecule has 0 unspecified atom stereocenters. The van der Waals surface area contributed by atoms with Crippen molar-refractivity contribution in [1.29, 1.82) is 0 Å². The van der Waals surface area contributed by atoms with Gasteiger partial charge >= 0.3 is 0 Å². The van der Waals surface area contributed by atoms with Crippen LogP contribution in [-0.4, -0.2) is 6.26 Å². The zero-order chi connectivity index (χ0) is 13.8. The molecule has 3 rings (SSSR count). The zero-order valence-electron chi connectivity index (χ0n) is 11.4. The topological polar surface area (TPSA) is 9.23 Å². The highest BCUT2D eigenvalue weighted by atomic mass is 32.2. The van der Waals surface area contributed by atoms with E-state index in [2.05, 4.69) is 48.7 Å². The summed E-state index contributed by atoms with van der Waals surface area (Å²) in [7, 11) is 0. The molecular formula is C18H16OS. The van der Waals surface area contributed by atoms with Gasteiger partial charge in [0.1, 0.15) is 12.4 Å². The van der Waals surface area contributed by atoms with E-state index < -0.39 is 0 Å². The lowest BCUT2D eigenvalue weighted by molar-refractivity contribution is 0.306. The van der Waals surface area contributed by atoms with Gasteiger partial charge in [0.2, 0.25) is 0 Å². The van der Waals surface area contributed by atoms with Gasteiger partial charge in [-0.15, -0.1) is 11.8 Å². The first-order valence-corrected chi connectivity index (χ1v) is 7.82. The fourth-order valence-electron chi connectivity index (χ4n) is 2.16. The Kier molecular flexibility index (Phi) is 3.93. The molecule has 0 saturated heterocycles. The van der Waals surface area contributed by atoms with Crippen LogP contribution in [0.4, 0.5) is 0 Å². The average molecular weight is 280 g/mol. The first-order valence-electron chi connectivity index (χ1n) is 6.60. The second-order valence-electron chi connectivity index (χ2n) is 4.65. The molecule has 0 aliphatic carbocycles. The van der Waals surface area contributed by atoms with Crippen molar-refractivity contribution in [1.82, 2.24) is 0 Å². The number of fused-ring (bicyclic) bond motifs is 1. The second kappa shape index (κ2) is 6.02. The van der Waals surface area contributed by atoms with E-state index in [0.717, 1.165) is 5.75 Å². The molecule has 0 bridgehead atoms. The predicted octanol–water partition coefficient (Wildman–Crippen LogP) is 5.14. The smallest absolute Gasteiger partial charge is 0.120 e. The van der Waals surface area contributed by atoms with E-state index in [4.69, 9.17) is 4.74 Å². The van der Waals surface area contributed by atoms with Gasteiger partial charge < -0.3 is 4.74 Å². The van der Waals surface area contributed by atoms with Crippen molar-refractivity contribution in [3.63, 3.8) is 0 Å². The van der Waals surface area contributed by atoms with Crippen molar-refractivity contribution in [2.24, 2.45) is 0 Å². The highest BCUT2D eigenvalue weighted by Crippen LogP contribution is 2.25. The molecule has 0 saturated carbocycles. The third kappa shape index (κ3) is 2.97. The largest absolute Gasteiger partial charge is 0.489 e. The number of benzene rings is 3. The predicted molar refractivity (Wildman–Crippen MR) is 86.5 cm³/mol. The van der Waals surface area contributed by atoms with E-state index in [1.807, 2.05) is 24.3 Å². The molecule has 3 aromatic rings. The maximum absolute atomic E-state index is 5.87. The SMILES string of the molecule is CSc1ccc2ccc(OCc3ccccc3)cc2c1. The number of ether oxygens (including phenoxy) is 1. The molecule has 0 radical (unpaired) electrons. The summed E-state index contributed by atoms with van der Waals surface area (Å²) < 4.78 is 5.87. The minimum Gasteiger partial charge on any atom is -0.489 e. The van der Waals surface area contributed by atoms with Crippen LogP contribution in [0.1, 0.15) is 5.56 Å². The quantitative estimate of drug-likeness (QED) is 0.612. The fourth-order valence-corrected chi connectivity index (χ4v) is 2.61. The van der Waals surface area contributed by atoms with Crippen molar-refractivity contribution in [2.75, 3.05) is 6.26 Å². The number of rotatable bonds is 4. The van der Waals surface area contributed by atoms with Crippen molar-refractivity contribution in [2.45, 2.75) is 11.5 Å². The van der Waals surface area contributed by atoms with Crippen LogP contribution in [0.15, 0.2) is 71.6 Å². The van der Waals surface area contributed by atoms with Gasteiger partial charge in [-0.1, -0.05) is 42.5 Å². The summed E-state index contributed by atoms with van der Waals surface area (Å²) in [5, 5.41) is 2.47. The molecule has 3 aromatic carbocycles. The summed E-state index contributed by atoms with van der Waals surface area (Å²) in [5.41, 5.74) is 1.19. The van der Waals surface area contributed by atoms with Crippen LogP contribution < -0.4 is 4.74 Å². The maximum Gasteiger partial charge on any atom is 0.120 e. The normalized spacial score (nSPS) is 10.7. The Morgan fingerprint density at radius 3 is 2.45 bits per heavy atom. The molecule has 0 atom stereocenters. The second-order valence-corrected chi connectivity index (χ2v) is 5.53. The van der Waals surface area contributed by atoms with E-state index in [-0.39, 0.29) is 0 Å². The fraction of sp³-hybridized carbons (Fsp3) is 0.111. The van der Waals surface area contributed by atoms with Crippen LogP contribution >= 0.6 is 11.8 Å². The minimum atomic E-state index is 0.606. The van der Waals surface area contributed by atoms with Gasteiger partial charge in [0, 0.05) is 4.90 Å². The van der Waals surface area contributed by atoms with Crippen LogP contribution in [0, 0.1) is 0 Å². The molecule has 0 aliphatic heterocycles. The molecule has 20 heavy (non-hydrogen) atoms. The van der Waals surface area contributed by atoms with Gasteiger partial charge in [-0.2, -0.15) is 0 Å². The van der Waals surface area contributed by atoms with Gasteiger partial charge in [0.15, 0.2) is 0 Å². The van der Waals surface area contributed by atoms with E-state index in [0.29, 0.717) is 6.61 Å². The molecular weight excluding hydrogens is 264 g/mol. The Morgan fingerprint density at radius 2 is 1.65 bits per heavy atom. The molecule has 0 N–H and O–H groups in total. The van der Waals surface area contributed by atoms with Crippen LogP contribution in [-0.2, 0) is 6.61 Å². The molecule has 0 fully saturated rings. The molecule has 1 nitrogen and oxygen atoms in total. The Hall–Kier alpha value is -1.93. The average Bonchev–Trinajstić information content (AvgIpc) is 2.53. The highest BCUT2D eigenvalue weighted by molar-refractivity contribution is 7.98. The van der Waals surface area contributed by atoms with E-state index in [1.165, 1.54) is 21.2 Å². The first kappa shape index (κ1) is 13.1. The van der Waals surface area contributed by atoms with Gasteiger partial charge in [0.25, 0.3) is 0 Å². The molecule has 0 spiro atoms. The minimum absolute atomic E-state index is 0.606. The first-order chi connectivity index (χ1) is 9.85. The van der Waals surface area contributed by atoms with E-state index in [9.17, 15) is 0 Å². The number of hydrogen-bond acceptors (Lipinski definition) is 2. The summed E-state index contributed by atoms with van der Waals surface area (Å²) in [6, 6.07) is 23.0. The monoisotopic (exact) mass is 280 g/mol. The van der Waals surface area contributed by atoms with Crippen molar-refractivity contribution in [3.05, 3.63) is 72.3 Å². The standard InChI is InChI=1S/C18H16OS/c1-20-18-10-8-15-7-9-17(11-16(15)12-18)19-13-14-5-3-2-4-6-14/h2-12H,13H2,1H3. The summed E-state index contributed by atoms with van der Waals surface area (Å²) in [5.74, 6) is 0.916. The van der Waals surface area contributed by atoms with Crippen LogP contribution in [0.5, 0.6) is 5.75 Å². The van der Waals surface area contributed by atoms with Gasteiger partial charge in [0.05, 0.1) is 0 Å². The third-order valence-electron chi connectivity index (χ3n) is 3.27. The van der Waals surface area contributed by atoms with E-state index in [1.54, 1.807) is 11.8 Å². The zero-order valence-corrected chi connectivity index (χ0v) is 12.2. The lowest BCUT2D eigenvalue weighted by Crippen LogP contribution is -1.94. The van der Waals surface area contributed by atoms with Crippen LogP contribution in [0.2, 0.25) is 0 Å². The van der Waals surface area contributed by atoms with Crippen molar-refractivity contribution >= 4 is 22.5 Å². The molecule has 2 heteroatoms. The van der Waals surface area contributed by atoms with Crippen molar-refractivity contribution < 1.29 is 4.74 Å². The van der Waals surface area contributed by atoms with Gasteiger partial charge in [-0.05, 0) is 46.9 Å². The Bertz CT molecular complexity index is 707. The summed E-state index contributed by atoms with van der Waals surface area (Å²) in [6.07, 6.45) is 2.09. The highest BCUT2D eigenvalue weighted by Gasteiger charge is 2.00. The van der Waals surface area contributed by atoms with Crippen LogP contribution in [0.3, 0.4) is 0 Å². The maximum atomic E-state index is 5.87.